The number of likely N-dealkylation sites (tertiary alicyclic amines) is 1. The van der Waals surface area contributed by atoms with Gasteiger partial charge in [0, 0.05) is 19.3 Å². The minimum atomic E-state index is -4.51. The Kier molecular flexibility index (Phi) is 7.34. The zero-order valence-corrected chi connectivity index (χ0v) is 18.1. The normalized spacial score (nSPS) is 14.8. The van der Waals surface area contributed by atoms with Crippen LogP contribution in [0.15, 0.2) is 24.5 Å². The zero-order chi connectivity index (χ0) is 24.2. The zero-order valence-electron chi connectivity index (χ0n) is 18.1. The number of aromatic nitrogens is 3. The first kappa shape index (κ1) is 24.2. The van der Waals surface area contributed by atoms with Crippen LogP contribution in [0.2, 0.25) is 0 Å². The van der Waals surface area contributed by atoms with Crippen LogP contribution in [0, 0.1) is 12.8 Å². The van der Waals surface area contributed by atoms with Gasteiger partial charge in [0.1, 0.15) is 5.56 Å². The maximum Gasteiger partial charge on any atom is 0.417 e. The minimum absolute atomic E-state index is 0.0607. The first-order chi connectivity index (χ1) is 15.6. The maximum atomic E-state index is 12.7. The Bertz CT molecular complexity index is 1010. The molecule has 12 heteroatoms. The smallest absolute Gasteiger partial charge is 0.417 e. The highest BCUT2D eigenvalue weighted by molar-refractivity contribution is 5.92. The number of carbonyl (C=O) groups is 3. The van der Waals surface area contributed by atoms with Crippen LogP contribution < -0.4 is 0 Å². The van der Waals surface area contributed by atoms with Crippen LogP contribution in [0.3, 0.4) is 0 Å². The number of nitrogens with zero attached hydrogens (tertiary/aromatic N) is 4. The molecule has 2 aromatic rings. The van der Waals surface area contributed by atoms with Crippen molar-refractivity contribution in [1.82, 2.24) is 19.7 Å². The van der Waals surface area contributed by atoms with Gasteiger partial charge in [0.15, 0.2) is 12.4 Å². The summed E-state index contributed by atoms with van der Waals surface area (Å²) in [5.74, 6) is -1.60. The number of halogens is 3. The molecule has 1 fully saturated rings. The number of alkyl halides is 3. The quantitative estimate of drug-likeness (QED) is 0.600. The molecule has 1 saturated heterocycles. The lowest BCUT2D eigenvalue weighted by molar-refractivity contribution is -0.151. The van der Waals surface area contributed by atoms with Crippen LogP contribution in [-0.4, -0.2) is 63.8 Å². The number of hydrogen-bond acceptors (Lipinski definition) is 7. The Morgan fingerprint density at radius 3 is 2.39 bits per heavy atom. The van der Waals surface area contributed by atoms with Gasteiger partial charge in [-0.3, -0.25) is 9.59 Å². The molecule has 0 unspecified atom stereocenters. The summed E-state index contributed by atoms with van der Waals surface area (Å²) in [6, 6.07) is 2.01. The third kappa shape index (κ3) is 5.68. The van der Waals surface area contributed by atoms with E-state index in [9.17, 15) is 27.6 Å². The standard InChI is InChI=1S/C21H23F3N4O5/c1-3-32-19(30)14-6-8-27(9-7-14)18(29)12-33-20(31)16-11-26-28(13(16)2)17-5-4-15(10-25-17)21(22,23)24/h4-5,10-11,14H,3,6-9,12H2,1-2H3. The predicted octanol–water partition coefficient (Wildman–Crippen LogP) is 2.55. The molecule has 0 atom stereocenters. The number of carbonyl (C=O) groups excluding carboxylic acids is 3. The second-order valence-electron chi connectivity index (χ2n) is 7.44. The van der Waals surface area contributed by atoms with Crippen molar-refractivity contribution in [2.75, 3.05) is 26.3 Å². The Hall–Kier alpha value is -3.44. The van der Waals surface area contributed by atoms with E-state index < -0.39 is 24.3 Å². The molecule has 3 rings (SSSR count). The van der Waals surface area contributed by atoms with Crippen LogP contribution in [-0.2, 0) is 25.2 Å². The Labute approximate surface area is 187 Å². The minimum Gasteiger partial charge on any atom is -0.466 e. The molecule has 0 saturated carbocycles. The predicted molar refractivity (Wildman–Crippen MR) is 107 cm³/mol. The van der Waals surface area contributed by atoms with E-state index in [2.05, 4.69) is 10.1 Å². The van der Waals surface area contributed by atoms with Gasteiger partial charge in [-0.05, 0) is 38.8 Å². The van der Waals surface area contributed by atoms with Crippen molar-refractivity contribution >= 4 is 17.8 Å². The van der Waals surface area contributed by atoms with Crippen molar-refractivity contribution in [2.24, 2.45) is 5.92 Å². The average Bonchev–Trinajstić information content (AvgIpc) is 3.18. The van der Waals surface area contributed by atoms with E-state index in [0.717, 1.165) is 12.1 Å². The topological polar surface area (TPSA) is 104 Å². The monoisotopic (exact) mass is 468 g/mol. The van der Waals surface area contributed by atoms with Crippen molar-refractivity contribution in [3.05, 3.63) is 41.3 Å². The molecule has 0 spiro atoms. The van der Waals surface area contributed by atoms with Crippen molar-refractivity contribution in [3.63, 3.8) is 0 Å². The van der Waals surface area contributed by atoms with Gasteiger partial charge in [-0.25, -0.2) is 14.5 Å². The summed E-state index contributed by atoms with van der Waals surface area (Å²) in [5.41, 5.74) is -0.541. The van der Waals surface area contributed by atoms with Gasteiger partial charge < -0.3 is 14.4 Å². The lowest BCUT2D eigenvalue weighted by atomic mass is 9.97. The molecule has 0 N–H and O–H groups in total. The van der Waals surface area contributed by atoms with E-state index in [1.165, 1.54) is 22.7 Å². The van der Waals surface area contributed by atoms with Crippen LogP contribution in [0.1, 0.15) is 41.4 Å². The number of ether oxygens (including phenoxy) is 2. The van der Waals surface area contributed by atoms with E-state index in [0.29, 0.717) is 44.4 Å². The molecule has 178 valence electrons. The van der Waals surface area contributed by atoms with Gasteiger partial charge in [0.2, 0.25) is 0 Å². The van der Waals surface area contributed by atoms with E-state index in [-0.39, 0.29) is 29.2 Å². The second kappa shape index (κ2) is 10.0. The van der Waals surface area contributed by atoms with Crippen LogP contribution >= 0.6 is 0 Å². The number of piperidine rings is 1. The summed E-state index contributed by atoms with van der Waals surface area (Å²) < 4.78 is 49.4. The number of amides is 1. The fourth-order valence-corrected chi connectivity index (χ4v) is 3.44. The van der Waals surface area contributed by atoms with Crippen molar-refractivity contribution in [2.45, 2.75) is 32.9 Å². The molecule has 0 bridgehead atoms. The largest absolute Gasteiger partial charge is 0.466 e. The molecule has 1 amide bonds. The van der Waals surface area contributed by atoms with Gasteiger partial charge in [0.05, 0.1) is 30.0 Å². The lowest BCUT2D eigenvalue weighted by Crippen LogP contribution is -2.42. The SMILES string of the molecule is CCOC(=O)C1CCN(C(=O)COC(=O)c2cnn(-c3ccc(C(F)(F)F)cn3)c2C)CC1. The van der Waals surface area contributed by atoms with Gasteiger partial charge >= 0.3 is 18.1 Å². The van der Waals surface area contributed by atoms with Gasteiger partial charge in [-0.2, -0.15) is 18.3 Å². The van der Waals surface area contributed by atoms with E-state index >= 15 is 0 Å². The van der Waals surface area contributed by atoms with Gasteiger partial charge in [-0.15, -0.1) is 0 Å². The Balaban J connectivity index is 1.56. The third-order valence-corrected chi connectivity index (χ3v) is 5.32. The summed E-state index contributed by atoms with van der Waals surface area (Å²) in [5, 5.41) is 3.99. The van der Waals surface area contributed by atoms with Crippen molar-refractivity contribution in [1.29, 1.82) is 0 Å². The lowest BCUT2D eigenvalue weighted by Gasteiger charge is -2.30. The molecule has 0 aliphatic carbocycles. The van der Waals surface area contributed by atoms with Crippen LogP contribution in [0.4, 0.5) is 13.2 Å². The molecule has 0 aromatic carbocycles. The summed E-state index contributed by atoms with van der Waals surface area (Å²) in [7, 11) is 0. The van der Waals surface area contributed by atoms with E-state index in [4.69, 9.17) is 9.47 Å². The third-order valence-electron chi connectivity index (χ3n) is 5.32. The van der Waals surface area contributed by atoms with Gasteiger partial charge in [0.25, 0.3) is 5.91 Å². The number of esters is 2. The molecular formula is C21H23F3N4O5. The van der Waals surface area contributed by atoms with Crippen molar-refractivity contribution < 1.29 is 37.0 Å². The Morgan fingerprint density at radius 2 is 1.82 bits per heavy atom. The van der Waals surface area contributed by atoms with Crippen LogP contribution in [0.5, 0.6) is 0 Å². The number of hydrogen-bond donors (Lipinski definition) is 0. The van der Waals surface area contributed by atoms with Crippen LogP contribution in [0.25, 0.3) is 5.82 Å². The van der Waals surface area contributed by atoms with Gasteiger partial charge in [-0.1, -0.05) is 0 Å². The molecule has 33 heavy (non-hydrogen) atoms. The highest BCUT2D eigenvalue weighted by Gasteiger charge is 2.31. The van der Waals surface area contributed by atoms with Crippen molar-refractivity contribution in [3.8, 4) is 5.82 Å². The molecule has 9 nitrogen and oxygen atoms in total. The molecule has 1 aliphatic heterocycles. The highest BCUT2D eigenvalue weighted by Crippen LogP contribution is 2.29. The highest BCUT2D eigenvalue weighted by atomic mass is 19.4. The molecule has 1 aliphatic rings. The first-order valence-electron chi connectivity index (χ1n) is 10.3. The summed E-state index contributed by atoms with van der Waals surface area (Å²) in [4.78, 5) is 41.8. The number of pyridine rings is 1. The Morgan fingerprint density at radius 1 is 1.12 bits per heavy atom. The maximum absolute atomic E-state index is 12.7. The summed E-state index contributed by atoms with van der Waals surface area (Å²) >= 11 is 0. The fourth-order valence-electron chi connectivity index (χ4n) is 3.44. The molecule has 0 radical (unpaired) electrons. The first-order valence-corrected chi connectivity index (χ1v) is 10.3. The molecule has 3 heterocycles. The molecular weight excluding hydrogens is 445 g/mol. The van der Waals surface area contributed by atoms with E-state index in [1.54, 1.807) is 6.92 Å². The average molecular weight is 468 g/mol. The fraction of sp³-hybridized carbons (Fsp3) is 0.476. The van der Waals surface area contributed by atoms with E-state index in [1.807, 2.05) is 0 Å². The summed E-state index contributed by atoms with van der Waals surface area (Å²) in [6.07, 6.45) is -1.68. The molecule has 2 aromatic heterocycles. The number of rotatable bonds is 6. The second-order valence-corrected chi connectivity index (χ2v) is 7.44. The summed E-state index contributed by atoms with van der Waals surface area (Å²) in [6.45, 7) is 3.80.